The molecule has 0 radical (unpaired) electrons. The minimum absolute atomic E-state index is 0.0897. The molecule has 34 heavy (non-hydrogen) atoms. The van der Waals surface area contributed by atoms with Crippen LogP contribution in [0.2, 0.25) is 0 Å². The van der Waals surface area contributed by atoms with Gasteiger partial charge >= 0.3 is 0 Å². The lowest BCUT2D eigenvalue weighted by Crippen LogP contribution is -2.60. The van der Waals surface area contributed by atoms with E-state index < -0.39 is 37.3 Å². The molecule has 9 heteroatoms. The monoisotopic (exact) mass is 474 g/mol. The van der Waals surface area contributed by atoms with Crippen LogP contribution in [-0.4, -0.2) is 80.7 Å². The predicted molar refractivity (Wildman–Crippen MR) is 122 cm³/mol. The van der Waals surface area contributed by atoms with E-state index in [1.165, 1.54) is 24.8 Å². The smallest absolute Gasteiger partial charge is 0.239 e. The van der Waals surface area contributed by atoms with Crippen LogP contribution in [-0.2, 0) is 15.9 Å². The second-order valence-electron chi connectivity index (χ2n) is 9.69. The molecule has 3 fully saturated rings. The molecule has 3 heterocycles. The Bertz CT molecular complexity index is 966. The topological polar surface area (TPSA) is 126 Å². The van der Waals surface area contributed by atoms with E-state index in [9.17, 15) is 20.4 Å². The second kappa shape index (κ2) is 9.93. The zero-order valence-electron chi connectivity index (χ0n) is 19.4. The van der Waals surface area contributed by atoms with Gasteiger partial charge in [0, 0.05) is 24.3 Å². The van der Waals surface area contributed by atoms with Gasteiger partial charge in [0.15, 0.2) is 0 Å². The fourth-order valence-electron chi connectivity index (χ4n) is 5.02. The summed E-state index contributed by atoms with van der Waals surface area (Å²) in [5, 5.41) is 44.9. The Morgan fingerprint density at radius 2 is 1.82 bits per heavy atom. The molecule has 0 bridgehead atoms. The summed E-state index contributed by atoms with van der Waals surface area (Å²) in [5.74, 6) is 0.975. The Labute approximate surface area is 198 Å². The summed E-state index contributed by atoms with van der Waals surface area (Å²) in [6.45, 7) is 2.71. The van der Waals surface area contributed by atoms with Crippen molar-refractivity contribution in [3.8, 4) is 5.88 Å². The van der Waals surface area contributed by atoms with Crippen molar-refractivity contribution >= 4 is 0 Å². The Morgan fingerprint density at radius 1 is 1.06 bits per heavy atom. The van der Waals surface area contributed by atoms with Crippen LogP contribution in [0.15, 0.2) is 24.3 Å². The van der Waals surface area contributed by atoms with Gasteiger partial charge in [0.2, 0.25) is 12.2 Å². The summed E-state index contributed by atoms with van der Waals surface area (Å²) in [6, 6.07) is 8.76. The Morgan fingerprint density at radius 3 is 2.44 bits per heavy atom. The first kappa shape index (κ1) is 23.7. The van der Waals surface area contributed by atoms with Gasteiger partial charge in [-0.25, -0.2) is 0 Å². The average Bonchev–Trinajstić information content (AvgIpc) is 3.43. The summed E-state index contributed by atoms with van der Waals surface area (Å²) in [6.07, 6.45) is -1.53. The van der Waals surface area contributed by atoms with E-state index in [-0.39, 0.29) is 6.04 Å². The van der Waals surface area contributed by atoms with E-state index in [1.54, 1.807) is 0 Å². The fraction of sp³-hybridized carbons (Fsp3) is 0.640. The van der Waals surface area contributed by atoms with Crippen LogP contribution in [0, 0.1) is 6.92 Å². The molecule has 2 unspecified atom stereocenters. The number of aromatic nitrogens is 2. The van der Waals surface area contributed by atoms with Gasteiger partial charge in [-0.1, -0.05) is 30.7 Å². The van der Waals surface area contributed by atoms with Gasteiger partial charge in [0.05, 0.1) is 19.3 Å². The number of hydrogen-bond donors (Lipinski definition) is 4. The number of nitrogens with zero attached hydrogens (tertiary/aromatic N) is 2. The lowest BCUT2D eigenvalue weighted by Gasteiger charge is -2.39. The van der Waals surface area contributed by atoms with Crippen LogP contribution in [0.1, 0.15) is 60.0 Å². The Balaban J connectivity index is 1.41. The largest absolute Gasteiger partial charge is 0.443 e. The van der Waals surface area contributed by atoms with Crippen molar-refractivity contribution in [3.05, 3.63) is 46.6 Å². The van der Waals surface area contributed by atoms with Gasteiger partial charge in [0.25, 0.3) is 0 Å². The van der Waals surface area contributed by atoms with Crippen LogP contribution in [0.5, 0.6) is 5.88 Å². The highest BCUT2D eigenvalue weighted by atomic mass is 16.7. The maximum atomic E-state index is 10.5. The quantitative estimate of drug-likeness (QED) is 0.472. The van der Waals surface area contributed by atoms with Crippen molar-refractivity contribution in [3.63, 3.8) is 0 Å². The molecule has 9 nitrogen and oxygen atoms in total. The van der Waals surface area contributed by atoms with Gasteiger partial charge in [-0.2, -0.15) is 0 Å². The van der Waals surface area contributed by atoms with Crippen molar-refractivity contribution in [1.29, 1.82) is 0 Å². The SMILES string of the molecule is Cc1c(Cc2ccc(C3CCC3)cc2)c(OC2O[C@H](CO)[C@@H](O)[C@H](O)[C@H]2O)nn1C1CCOC1. The predicted octanol–water partition coefficient (Wildman–Crippen LogP) is 1.19. The minimum atomic E-state index is -1.51. The summed E-state index contributed by atoms with van der Waals surface area (Å²) in [4.78, 5) is 0. The molecule has 4 N–H and O–H groups in total. The molecular formula is C25H34N2O7. The van der Waals surface area contributed by atoms with Crippen molar-refractivity contribution in [2.75, 3.05) is 19.8 Å². The van der Waals surface area contributed by atoms with Crippen molar-refractivity contribution in [2.45, 2.75) is 81.7 Å². The average molecular weight is 475 g/mol. The van der Waals surface area contributed by atoms with Gasteiger partial charge in [-0.3, -0.25) is 4.68 Å². The third-order valence-corrected chi connectivity index (χ3v) is 7.50. The lowest BCUT2D eigenvalue weighted by molar-refractivity contribution is -0.278. The second-order valence-corrected chi connectivity index (χ2v) is 9.69. The van der Waals surface area contributed by atoms with E-state index in [0.717, 1.165) is 23.2 Å². The van der Waals surface area contributed by atoms with Crippen LogP contribution in [0.25, 0.3) is 0 Å². The van der Waals surface area contributed by atoms with E-state index in [1.807, 2.05) is 11.6 Å². The molecule has 186 valence electrons. The van der Waals surface area contributed by atoms with Crippen LogP contribution < -0.4 is 4.74 Å². The third kappa shape index (κ3) is 4.48. The first-order valence-electron chi connectivity index (χ1n) is 12.2. The summed E-state index contributed by atoms with van der Waals surface area (Å²) >= 11 is 0. The highest BCUT2D eigenvalue weighted by Gasteiger charge is 2.45. The molecular weight excluding hydrogens is 440 g/mol. The minimum Gasteiger partial charge on any atom is -0.443 e. The molecule has 1 aliphatic carbocycles. The molecule has 2 saturated heterocycles. The zero-order valence-corrected chi connectivity index (χ0v) is 19.4. The van der Waals surface area contributed by atoms with Crippen LogP contribution in [0.3, 0.4) is 0 Å². The summed E-state index contributed by atoms with van der Waals surface area (Å²) in [5.41, 5.74) is 4.30. The highest BCUT2D eigenvalue weighted by molar-refractivity contribution is 5.38. The Kier molecular flexibility index (Phi) is 6.92. The molecule has 1 saturated carbocycles. The summed E-state index contributed by atoms with van der Waals surface area (Å²) in [7, 11) is 0. The highest BCUT2D eigenvalue weighted by Crippen LogP contribution is 2.37. The number of ether oxygens (including phenoxy) is 3. The number of rotatable bonds is 7. The lowest BCUT2D eigenvalue weighted by atomic mass is 9.80. The molecule has 0 amide bonds. The summed E-state index contributed by atoms with van der Waals surface area (Å²) < 4.78 is 19.0. The van der Waals surface area contributed by atoms with E-state index >= 15 is 0 Å². The van der Waals surface area contributed by atoms with Gasteiger partial charge < -0.3 is 34.6 Å². The fourth-order valence-corrected chi connectivity index (χ4v) is 5.02. The van der Waals surface area contributed by atoms with Gasteiger partial charge in [-0.15, -0.1) is 5.10 Å². The number of benzene rings is 1. The van der Waals surface area contributed by atoms with Crippen molar-refractivity contribution < 1.29 is 34.6 Å². The normalized spacial score (nSPS) is 32.0. The number of hydrogen-bond acceptors (Lipinski definition) is 8. The van der Waals surface area contributed by atoms with E-state index in [2.05, 4.69) is 24.3 Å². The molecule has 1 aromatic heterocycles. The molecule has 5 rings (SSSR count). The number of aliphatic hydroxyl groups excluding tert-OH is 4. The van der Waals surface area contributed by atoms with Crippen LogP contribution >= 0.6 is 0 Å². The number of aliphatic hydroxyl groups is 4. The molecule has 1 aromatic carbocycles. The molecule has 2 aliphatic heterocycles. The van der Waals surface area contributed by atoms with E-state index in [0.29, 0.717) is 31.4 Å². The van der Waals surface area contributed by atoms with Crippen LogP contribution in [0.4, 0.5) is 0 Å². The molecule has 0 spiro atoms. The zero-order chi connectivity index (χ0) is 23.8. The van der Waals surface area contributed by atoms with Gasteiger partial charge in [-0.05, 0) is 43.2 Å². The first-order valence-corrected chi connectivity index (χ1v) is 12.2. The third-order valence-electron chi connectivity index (χ3n) is 7.50. The maximum absolute atomic E-state index is 10.5. The Hall–Kier alpha value is -2.01. The van der Waals surface area contributed by atoms with Crippen molar-refractivity contribution in [2.24, 2.45) is 0 Å². The standard InChI is InChI=1S/C25H34N2O7/c1-14-19(11-15-5-7-17(8-6-15)16-3-2-4-16)24(26-27(14)18-9-10-32-13-18)34-25-23(31)22(30)21(29)20(12-28)33-25/h5-8,16,18,20-23,25,28-31H,2-4,9-13H2,1H3/t18?,20-,21-,22+,23-,25?/m1/s1. The first-order chi connectivity index (χ1) is 16.5. The van der Waals surface area contributed by atoms with Gasteiger partial charge in [0.1, 0.15) is 24.4 Å². The maximum Gasteiger partial charge on any atom is 0.239 e. The van der Waals surface area contributed by atoms with Crippen molar-refractivity contribution in [1.82, 2.24) is 9.78 Å². The molecule has 6 atom stereocenters. The molecule has 3 aliphatic rings. The van der Waals surface area contributed by atoms with E-state index in [4.69, 9.17) is 19.3 Å². The molecule has 2 aromatic rings.